The maximum Gasteiger partial charge on any atom is 0.329 e. The van der Waals surface area contributed by atoms with Gasteiger partial charge in [-0.05, 0) is 42.7 Å². The van der Waals surface area contributed by atoms with Crippen LogP contribution in [0.4, 0.5) is 5.82 Å². The highest BCUT2D eigenvalue weighted by Crippen LogP contribution is 2.22. The fourth-order valence-electron chi connectivity index (χ4n) is 3.69. The van der Waals surface area contributed by atoms with Crippen molar-refractivity contribution >= 4 is 22.7 Å². The number of carbonyl (C=O) groups excluding carboxylic acids is 1. The standard InChI is InChI=1S/C27H26N2O2/c1-19-17-26(28-24-16-10-9-15-23(19)24)29-25(18-21-11-5-3-6-12-21)27(30)31-20(2)22-13-7-4-8-14-22/h3-17,20,25H,18H2,1-2H3,(H,28,29)/t20-,25+/m0/s1. The Morgan fingerprint density at radius 2 is 1.58 bits per heavy atom. The van der Waals surface area contributed by atoms with E-state index in [-0.39, 0.29) is 12.1 Å². The minimum absolute atomic E-state index is 0.298. The number of anilines is 1. The van der Waals surface area contributed by atoms with Crippen molar-refractivity contribution in [1.82, 2.24) is 4.98 Å². The lowest BCUT2D eigenvalue weighted by molar-refractivity contribution is -0.149. The Morgan fingerprint density at radius 3 is 2.32 bits per heavy atom. The van der Waals surface area contributed by atoms with Gasteiger partial charge in [-0.15, -0.1) is 0 Å². The Balaban J connectivity index is 1.59. The summed E-state index contributed by atoms with van der Waals surface area (Å²) in [5.41, 5.74) is 4.03. The first-order valence-corrected chi connectivity index (χ1v) is 10.5. The van der Waals surface area contributed by atoms with Crippen LogP contribution in [-0.4, -0.2) is 17.0 Å². The van der Waals surface area contributed by atoms with Gasteiger partial charge in [-0.2, -0.15) is 0 Å². The van der Waals surface area contributed by atoms with E-state index in [1.807, 2.05) is 91.9 Å². The molecule has 0 unspecified atom stereocenters. The topological polar surface area (TPSA) is 51.2 Å². The number of aromatic nitrogens is 1. The SMILES string of the molecule is Cc1cc(N[C@H](Cc2ccccc2)C(=O)O[C@@H](C)c2ccccc2)nc2ccccc12. The number of hydrogen-bond acceptors (Lipinski definition) is 4. The summed E-state index contributed by atoms with van der Waals surface area (Å²) >= 11 is 0. The number of ether oxygens (including phenoxy) is 1. The zero-order valence-corrected chi connectivity index (χ0v) is 17.8. The molecule has 0 fully saturated rings. The average molecular weight is 411 g/mol. The number of rotatable bonds is 7. The normalized spacial score (nSPS) is 12.8. The van der Waals surface area contributed by atoms with Gasteiger partial charge in [0.15, 0.2) is 0 Å². The number of para-hydroxylation sites is 1. The van der Waals surface area contributed by atoms with Crippen LogP contribution in [0.3, 0.4) is 0 Å². The zero-order chi connectivity index (χ0) is 21.6. The monoisotopic (exact) mass is 410 g/mol. The van der Waals surface area contributed by atoms with Crippen molar-refractivity contribution in [3.05, 3.63) is 108 Å². The number of nitrogens with one attached hydrogen (secondary N) is 1. The van der Waals surface area contributed by atoms with Crippen LogP contribution in [0.1, 0.15) is 29.7 Å². The molecule has 0 bridgehead atoms. The summed E-state index contributed by atoms with van der Waals surface area (Å²) in [6.07, 6.45) is 0.175. The molecule has 0 aliphatic heterocycles. The molecule has 1 aromatic heterocycles. The minimum Gasteiger partial charge on any atom is -0.456 e. The van der Waals surface area contributed by atoms with E-state index in [1.54, 1.807) is 0 Å². The highest BCUT2D eigenvalue weighted by molar-refractivity contribution is 5.85. The first-order chi connectivity index (χ1) is 15.1. The van der Waals surface area contributed by atoms with Gasteiger partial charge in [0, 0.05) is 11.8 Å². The summed E-state index contributed by atoms with van der Waals surface area (Å²) < 4.78 is 5.83. The van der Waals surface area contributed by atoms with Gasteiger partial charge in [-0.25, -0.2) is 9.78 Å². The molecule has 0 saturated heterocycles. The number of nitrogens with zero attached hydrogens (tertiary/aromatic N) is 1. The van der Waals surface area contributed by atoms with Gasteiger partial charge in [0.05, 0.1) is 5.52 Å². The number of benzene rings is 3. The molecule has 0 radical (unpaired) electrons. The molecule has 4 heteroatoms. The molecule has 156 valence electrons. The van der Waals surface area contributed by atoms with E-state index >= 15 is 0 Å². The maximum atomic E-state index is 13.2. The Labute approximate surface area is 182 Å². The first-order valence-electron chi connectivity index (χ1n) is 10.5. The summed E-state index contributed by atoms with van der Waals surface area (Å²) in [5, 5.41) is 4.44. The van der Waals surface area contributed by atoms with Gasteiger partial charge in [-0.3, -0.25) is 0 Å². The largest absolute Gasteiger partial charge is 0.456 e. The van der Waals surface area contributed by atoms with Crippen LogP contribution in [0.25, 0.3) is 10.9 Å². The number of hydrogen-bond donors (Lipinski definition) is 1. The molecule has 31 heavy (non-hydrogen) atoms. The molecule has 3 aromatic carbocycles. The quantitative estimate of drug-likeness (QED) is 0.387. The average Bonchev–Trinajstić information content (AvgIpc) is 2.80. The molecule has 0 aliphatic rings. The molecule has 0 aliphatic carbocycles. The van der Waals surface area contributed by atoms with E-state index < -0.39 is 6.04 Å². The van der Waals surface area contributed by atoms with E-state index in [1.165, 1.54) is 0 Å². The van der Waals surface area contributed by atoms with Gasteiger partial charge in [0.2, 0.25) is 0 Å². The highest BCUT2D eigenvalue weighted by atomic mass is 16.5. The third-order valence-electron chi connectivity index (χ3n) is 5.37. The van der Waals surface area contributed by atoms with Gasteiger partial charge in [0.25, 0.3) is 0 Å². The van der Waals surface area contributed by atoms with Crippen LogP contribution < -0.4 is 5.32 Å². The van der Waals surface area contributed by atoms with Gasteiger partial charge < -0.3 is 10.1 Å². The second-order valence-electron chi connectivity index (χ2n) is 7.72. The van der Waals surface area contributed by atoms with Crippen molar-refractivity contribution in [2.45, 2.75) is 32.4 Å². The lowest BCUT2D eigenvalue weighted by Gasteiger charge is -2.22. The van der Waals surface area contributed by atoms with Gasteiger partial charge >= 0.3 is 5.97 Å². The summed E-state index contributed by atoms with van der Waals surface area (Å²) in [5.74, 6) is 0.370. The third kappa shape index (κ3) is 5.10. The number of aryl methyl sites for hydroxylation is 1. The van der Waals surface area contributed by atoms with Crippen molar-refractivity contribution in [3.63, 3.8) is 0 Å². The Bertz CT molecular complexity index is 1160. The van der Waals surface area contributed by atoms with Crippen LogP contribution in [0.5, 0.6) is 0 Å². The van der Waals surface area contributed by atoms with Gasteiger partial charge in [0.1, 0.15) is 18.0 Å². The van der Waals surface area contributed by atoms with Crippen LogP contribution in [0, 0.1) is 6.92 Å². The molecule has 4 nitrogen and oxygen atoms in total. The number of carbonyl (C=O) groups is 1. The maximum absolute atomic E-state index is 13.2. The van der Waals surface area contributed by atoms with E-state index in [0.29, 0.717) is 12.2 Å². The third-order valence-corrected chi connectivity index (χ3v) is 5.37. The molecule has 0 spiro atoms. The van der Waals surface area contributed by atoms with Crippen LogP contribution in [-0.2, 0) is 16.0 Å². The number of pyridine rings is 1. The molecule has 4 rings (SSSR count). The van der Waals surface area contributed by atoms with Gasteiger partial charge in [-0.1, -0.05) is 78.9 Å². The van der Waals surface area contributed by atoms with Crippen molar-refractivity contribution < 1.29 is 9.53 Å². The van der Waals surface area contributed by atoms with Crippen molar-refractivity contribution in [1.29, 1.82) is 0 Å². The Kier molecular flexibility index (Phi) is 6.27. The predicted molar refractivity (Wildman–Crippen MR) is 125 cm³/mol. The summed E-state index contributed by atoms with van der Waals surface area (Å²) in [4.78, 5) is 17.9. The second kappa shape index (κ2) is 9.43. The van der Waals surface area contributed by atoms with Crippen molar-refractivity contribution in [2.24, 2.45) is 0 Å². The molecular weight excluding hydrogens is 384 g/mol. The zero-order valence-electron chi connectivity index (χ0n) is 17.8. The van der Waals surface area contributed by atoms with E-state index in [2.05, 4.69) is 18.3 Å². The molecule has 0 saturated carbocycles. The van der Waals surface area contributed by atoms with Crippen LogP contribution >= 0.6 is 0 Å². The smallest absolute Gasteiger partial charge is 0.329 e. The first kappa shape index (κ1) is 20.6. The molecule has 0 amide bonds. The molecule has 4 aromatic rings. The minimum atomic E-state index is -0.554. The highest BCUT2D eigenvalue weighted by Gasteiger charge is 2.24. The predicted octanol–water partition coefficient (Wildman–Crippen LogP) is 5.87. The summed E-state index contributed by atoms with van der Waals surface area (Å²) in [6, 6.07) is 29.2. The molecule has 1 heterocycles. The fourth-order valence-corrected chi connectivity index (χ4v) is 3.69. The van der Waals surface area contributed by atoms with E-state index in [4.69, 9.17) is 9.72 Å². The number of esters is 1. The van der Waals surface area contributed by atoms with Crippen LogP contribution in [0.2, 0.25) is 0 Å². The number of fused-ring (bicyclic) bond motifs is 1. The molecular formula is C27H26N2O2. The van der Waals surface area contributed by atoms with E-state index in [9.17, 15) is 4.79 Å². The molecule has 1 N–H and O–H groups in total. The Morgan fingerprint density at radius 1 is 0.935 bits per heavy atom. The molecule has 2 atom stereocenters. The van der Waals surface area contributed by atoms with E-state index in [0.717, 1.165) is 27.6 Å². The summed E-state index contributed by atoms with van der Waals surface area (Å²) in [7, 11) is 0. The summed E-state index contributed by atoms with van der Waals surface area (Å²) in [6.45, 7) is 3.95. The van der Waals surface area contributed by atoms with Crippen molar-refractivity contribution in [2.75, 3.05) is 5.32 Å². The fraction of sp³-hybridized carbons (Fsp3) is 0.185. The second-order valence-corrected chi connectivity index (χ2v) is 7.72. The van der Waals surface area contributed by atoms with Crippen molar-refractivity contribution in [3.8, 4) is 0 Å². The van der Waals surface area contributed by atoms with Crippen LogP contribution in [0.15, 0.2) is 91.0 Å². The lowest BCUT2D eigenvalue weighted by atomic mass is 10.1. The lowest BCUT2D eigenvalue weighted by Crippen LogP contribution is -2.34. The Hall–Kier alpha value is -3.66.